The van der Waals surface area contributed by atoms with Crippen molar-refractivity contribution in [3.8, 4) is 0 Å². The smallest absolute Gasteiger partial charge is 0.227 e. The normalized spacial score (nSPS) is 16.3. The van der Waals surface area contributed by atoms with Crippen molar-refractivity contribution in [3.63, 3.8) is 0 Å². The monoisotopic (exact) mass is 423 g/mol. The lowest BCUT2D eigenvalue weighted by atomic mass is 10.1. The van der Waals surface area contributed by atoms with Crippen molar-refractivity contribution in [2.24, 2.45) is 0 Å². The molecule has 7 nitrogen and oxygen atoms in total. The first-order valence-corrected chi connectivity index (χ1v) is 10.2. The van der Waals surface area contributed by atoms with Crippen molar-refractivity contribution < 1.29 is 9.53 Å². The van der Waals surface area contributed by atoms with Gasteiger partial charge in [-0.2, -0.15) is 0 Å². The second kappa shape index (κ2) is 9.65. The van der Waals surface area contributed by atoms with Crippen LogP contribution in [0.1, 0.15) is 23.8 Å². The average Bonchev–Trinajstić information content (AvgIpc) is 2.79. The number of carbonyl (C=O) groups excluding carboxylic acids is 1. The fourth-order valence-corrected chi connectivity index (χ4v) is 3.53. The standard InChI is InChI=1S/C22H22ClN5O2/c23-17-4-1-3-16(13-17)5-8-21(29)28-11-12-30-20(15-28)19-7-6-18(14-26-19)27-22-24-9-2-10-25-22/h1-4,6-7,9-10,13-14,20H,5,8,11-12,15H2,(H,24,25,27)/t20-/m0/s1. The molecule has 0 unspecified atom stereocenters. The number of rotatable bonds is 6. The van der Waals surface area contributed by atoms with Crippen LogP contribution in [0.2, 0.25) is 5.02 Å². The lowest BCUT2D eigenvalue weighted by Gasteiger charge is -2.32. The van der Waals surface area contributed by atoms with Crippen molar-refractivity contribution in [2.75, 3.05) is 25.0 Å². The Balaban J connectivity index is 1.33. The van der Waals surface area contributed by atoms with E-state index < -0.39 is 0 Å². The molecule has 0 spiro atoms. The molecule has 1 aliphatic rings. The first-order valence-electron chi connectivity index (χ1n) is 9.81. The SMILES string of the molecule is O=C(CCc1cccc(Cl)c1)N1CCO[C@H](c2ccc(Nc3ncccn3)cn2)C1. The highest BCUT2D eigenvalue weighted by atomic mass is 35.5. The molecule has 1 aliphatic heterocycles. The number of hydrogen-bond donors (Lipinski definition) is 1. The molecule has 0 saturated carbocycles. The third-order valence-corrected chi connectivity index (χ3v) is 5.11. The van der Waals surface area contributed by atoms with E-state index in [0.717, 1.165) is 16.9 Å². The Morgan fingerprint density at radius 2 is 2.03 bits per heavy atom. The molecule has 3 heterocycles. The molecule has 3 aromatic rings. The van der Waals surface area contributed by atoms with Crippen LogP contribution >= 0.6 is 11.6 Å². The van der Waals surface area contributed by atoms with E-state index in [1.165, 1.54) is 0 Å². The van der Waals surface area contributed by atoms with E-state index in [9.17, 15) is 4.79 Å². The molecule has 1 atom stereocenters. The van der Waals surface area contributed by atoms with Gasteiger partial charge in [-0.3, -0.25) is 9.78 Å². The Kier molecular flexibility index (Phi) is 6.51. The minimum Gasteiger partial charge on any atom is -0.368 e. The number of nitrogens with zero attached hydrogens (tertiary/aromatic N) is 4. The largest absolute Gasteiger partial charge is 0.368 e. The molecule has 154 valence electrons. The van der Waals surface area contributed by atoms with E-state index in [4.69, 9.17) is 16.3 Å². The number of hydrogen-bond acceptors (Lipinski definition) is 6. The van der Waals surface area contributed by atoms with Gasteiger partial charge in [0.1, 0.15) is 6.10 Å². The molecule has 1 fully saturated rings. The van der Waals surface area contributed by atoms with Gasteiger partial charge in [0.25, 0.3) is 0 Å². The van der Waals surface area contributed by atoms with Gasteiger partial charge in [0.05, 0.1) is 30.7 Å². The van der Waals surface area contributed by atoms with Gasteiger partial charge < -0.3 is 15.0 Å². The van der Waals surface area contributed by atoms with Crippen LogP contribution < -0.4 is 5.32 Å². The Hall–Kier alpha value is -3.03. The van der Waals surface area contributed by atoms with Gasteiger partial charge in [-0.15, -0.1) is 0 Å². The highest BCUT2D eigenvalue weighted by molar-refractivity contribution is 6.30. The summed E-state index contributed by atoms with van der Waals surface area (Å²) in [6, 6.07) is 13.2. The van der Waals surface area contributed by atoms with Gasteiger partial charge in [-0.25, -0.2) is 9.97 Å². The summed E-state index contributed by atoms with van der Waals surface area (Å²) in [6.45, 7) is 1.58. The highest BCUT2D eigenvalue weighted by Gasteiger charge is 2.26. The number of amides is 1. The molecular formula is C22H22ClN5O2. The summed E-state index contributed by atoms with van der Waals surface area (Å²) in [4.78, 5) is 27.3. The van der Waals surface area contributed by atoms with Crippen molar-refractivity contribution in [3.05, 3.63) is 77.3 Å². The second-order valence-corrected chi connectivity index (χ2v) is 7.43. The summed E-state index contributed by atoms with van der Waals surface area (Å²) < 4.78 is 5.86. The molecule has 1 saturated heterocycles. The van der Waals surface area contributed by atoms with Crippen molar-refractivity contribution in [1.29, 1.82) is 0 Å². The summed E-state index contributed by atoms with van der Waals surface area (Å²) in [5.74, 6) is 0.625. The Morgan fingerprint density at radius 1 is 1.17 bits per heavy atom. The van der Waals surface area contributed by atoms with Crippen LogP contribution in [0.15, 0.2) is 61.1 Å². The molecule has 8 heteroatoms. The van der Waals surface area contributed by atoms with Crippen molar-refractivity contribution in [2.45, 2.75) is 18.9 Å². The Labute approximate surface area is 180 Å². The van der Waals surface area contributed by atoms with Crippen LogP contribution in [0.4, 0.5) is 11.6 Å². The van der Waals surface area contributed by atoms with Crippen LogP contribution in [0.3, 0.4) is 0 Å². The second-order valence-electron chi connectivity index (χ2n) is 7.00. The van der Waals surface area contributed by atoms with E-state index in [1.54, 1.807) is 24.7 Å². The van der Waals surface area contributed by atoms with E-state index in [2.05, 4.69) is 20.3 Å². The van der Waals surface area contributed by atoms with Crippen molar-refractivity contribution >= 4 is 29.1 Å². The first kappa shape index (κ1) is 20.3. The van der Waals surface area contributed by atoms with E-state index in [0.29, 0.717) is 43.5 Å². The summed E-state index contributed by atoms with van der Waals surface area (Å²) >= 11 is 6.02. The number of aryl methyl sites for hydroxylation is 1. The first-order chi connectivity index (χ1) is 14.7. The highest BCUT2D eigenvalue weighted by Crippen LogP contribution is 2.23. The predicted octanol–water partition coefficient (Wildman–Crippen LogP) is 3.80. The molecule has 4 rings (SSSR count). The number of aromatic nitrogens is 3. The predicted molar refractivity (Wildman–Crippen MR) is 115 cm³/mol. The fraction of sp³-hybridized carbons (Fsp3) is 0.273. The number of carbonyl (C=O) groups is 1. The number of benzene rings is 1. The van der Waals surface area contributed by atoms with Crippen LogP contribution in [-0.2, 0) is 16.0 Å². The lowest BCUT2D eigenvalue weighted by Crippen LogP contribution is -2.42. The minimum atomic E-state index is -0.240. The fourth-order valence-electron chi connectivity index (χ4n) is 3.32. The molecule has 0 aliphatic carbocycles. The number of pyridine rings is 1. The third kappa shape index (κ3) is 5.31. The summed E-state index contributed by atoms with van der Waals surface area (Å²) in [7, 11) is 0. The zero-order valence-electron chi connectivity index (χ0n) is 16.4. The zero-order chi connectivity index (χ0) is 20.8. The molecule has 2 aromatic heterocycles. The van der Waals surface area contributed by atoms with Crippen LogP contribution in [0.5, 0.6) is 0 Å². The molecule has 1 aromatic carbocycles. The molecular weight excluding hydrogens is 402 g/mol. The van der Waals surface area contributed by atoms with E-state index in [-0.39, 0.29) is 12.0 Å². The van der Waals surface area contributed by atoms with Gasteiger partial charge in [0.2, 0.25) is 11.9 Å². The lowest BCUT2D eigenvalue weighted by molar-refractivity contribution is -0.139. The number of anilines is 2. The molecule has 1 amide bonds. The maximum absolute atomic E-state index is 12.7. The number of halogens is 1. The topological polar surface area (TPSA) is 80.2 Å². The Morgan fingerprint density at radius 3 is 2.80 bits per heavy atom. The number of ether oxygens (including phenoxy) is 1. The van der Waals surface area contributed by atoms with E-state index in [1.807, 2.05) is 41.3 Å². The van der Waals surface area contributed by atoms with Gasteiger partial charge >= 0.3 is 0 Å². The quantitative estimate of drug-likeness (QED) is 0.649. The molecule has 0 bridgehead atoms. The van der Waals surface area contributed by atoms with E-state index >= 15 is 0 Å². The van der Waals surface area contributed by atoms with Gasteiger partial charge in [0, 0.05) is 30.4 Å². The number of nitrogens with one attached hydrogen (secondary N) is 1. The van der Waals surface area contributed by atoms with Gasteiger partial charge in [-0.05, 0) is 42.3 Å². The van der Waals surface area contributed by atoms with Crippen LogP contribution in [-0.4, -0.2) is 45.5 Å². The van der Waals surface area contributed by atoms with Gasteiger partial charge in [-0.1, -0.05) is 23.7 Å². The summed E-state index contributed by atoms with van der Waals surface area (Å²) in [5.41, 5.74) is 2.64. The molecule has 30 heavy (non-hydrogen) atoms. The summed E-state index contributed by atoms with van der Waals surface area (Å²) in [5, 5.41) is 3.79. The average molecular weight is 424 g/mol. The molecule has 0 radical (unpaired) electrons. The van der Waals surface area contributed by atoms with Crippen LogP contribution in [0, 0.1) is 0 Å². The summed E-state index contributed by atoms with van der Waals surface area (Å²) in [6.07, 6.45) is 5.93. The van der Waals surface area contributed by atoms with Crippen molar-refractivity contribution in [1.82, 2.24) is 19.9 Å². The maximum atomic E-state index is 12.7. The third-order valence-electron chi connectivity index (χ3n) is 4.87. The van der Waals surface area contributed by atoms with Gasteiger partial charge in [0.15, 0.2) is 0 Å². The Bertz CT molecular complexity index is 984. The maximum Gasteiger partial charge on any atom is 0.227 e. The zero-order valence-corrected chi connectivity index (χ0v) is 17.1. The molecule has 1 N–H and O–H groups in total. The van der Waals surface area contributed by atoms with Crippen LogP contribution in [0.25, 0.3) is 0 Å². The number of morpholine rings is 1. The minimum absolute atomic E-state index is 0.114.